The van der Waals surface area contributed by atoms with Gasteiger partial charge in [0.2, 0.25) is 0 Å². The molecule has 0 saturated carbocycles. The average molecular weight is 281 g/mol. The predicted molar refractivity (Wildman–Crippen MR) is 73.6 cm³/mol. The summed E-state index contributed by atoms with van der Waals surface area (Å²) < 4.78 is 0. The highest BCUT2D eigenvalue weighted by atomic mass is 35.5. The second kappa shape index (κ2) is 5.01. The Morgan fingerprint density at radius 1 is 1.06 bits per heavy atom. The topological polar surface area (TPSA) is 37.3 Å². The number of hydrogen-bond donors (Lipinski definition) is 1. The molecule has 92 valence electrons. The van der Waals surface area contributed by atoms with E-state index in [-0.39, 0.29) is 5.56 Å². The lowest BCUT2D eigenvalue weighted by Crippen LogP contribution is -1.99. The molecule has 0 aliphatic heterocycles. The first-order valence-corrected chi connectivity index (χ1v) is 6.03. The predicted octanol–water partition coefficient (Wildman–Crippen LogP) is 4.67. The molecule has 0 fully saturated rings. The number of carbonyl (C=O) groups is 1. The Morgan fingerprint density at radius 2 is 1.78 bits per heavy atom. The molecule has 2 rings (SSSR count). The van der Waals surface area contributed by atoms with Gasteiger partial charge in [-0.3, -0.25) is 0 Å². The molecule has 0 bridgehead atoms. The number of aromatic carboxylic acids is 1. The van der Waals surface area contributed by atoms with Crippen molar-refractivity contribution in [2.24, 2.45) is 0 Å². The fourth-order valence-electron chi connectivity index (χ4n) is 1.83. The van der Waals surface area contributed by atoms with Crippen LogP contribution in [-0.4, -0.2) is 11.1 Å². The van der Waals surface area contributed by atoms with Gasteiger partial charge in [-0.1, -0.05) is 29.3 Å². The summed E-state index contributed by atoms with van der Waals surface area (Å²) in [5.74, 6) is -0.987. The van der Waals surface area contributed by atoms with E-state index in [0.717, 1.165) is 11.1 Å². The highest BCUT2D eigenvalue weighted by Gasteiger charge is 2.12. The highest BCUT2D eigenvalue weighted by Crippen LogP contribution is 2.30. The van der Waals surface area contributed by atoms with Gasteiger partial charge in [0, 0.05) is 10.0 Å². The van der Waals surface area contributed by atoms with Crippen molar-refractivity contribution in [3.05, 3.63) is 57.6 Å². The third-order valence-electron chi connectivity index (χ3n) is 2.57. The maximum absolute atomic E-state index is 11.2. The molecule has 0 amide bonds. The van der Waals surface area contributed by atoms with Crippen molar-refractivity contribution in [1.29, 1.82) is 0 Å². The van der Waals surface area contributed by atoms with Crippen molar-refractivity contribution in [3.8, 4) is 11.1 Å². The summed E-state index contributed by atoms with van der Waals surface area (Å²) in [7, 11) is 0. The molecule has 2 aromatic carbocycles. The van der Waals surface area contributed by atoms with Gasteiger partial charge in [0.05, 0.1) is 5.56 Å². The summed E-state index contributed by atoms with van der Waals surface area (Å²) in [4.78, 5) is 11.2. The van der Waals surface area contributed by atoms with Gasteiger partial charge in [0.15, 0.2) is 0 Å². The van der Waals surface area contributed by atoms with Gasteiger partial charge < -0.3 is 5.11 Å². The molecule has 0 spiro atoms. The third kappa shape index (κ3) is 2.66. The highest BCUT2D eigenvalue weighted by molar-refractivity contribution is 6.31. The van der Waals surface area contributed by atoms with Crippen molar-refractivity contribution in [2.45, 2.75) is 6.92 Å². The van der Waals surface area contributed by atoms with Crippen molar-refractivity contribution in [1.82, 2.24) is 0 Å². The molecule has 2 nitrogen and oxygen atoms in total. The van der Waals surface area contributed by atoms with Crippen LogP contribution in [0.2, 0.25) is 10.0 Å². The van der Waals surface area contributed by atoms with Crippen LogP contribution < -0.4 is 0 Å². The summed E-state index contributed by atoms with van der Waals surface area (Å²) >= 11 is 11.9. The largest absolute Gasteiger partial charge is 0.478 e. The molecular formula is C14H10Cl2O2. The lowest BCUT2D eigenvalue weighted by molar-refractivity contribution is 0.0698. The summed E-state index contributed by atoms with van der Waals surface area (Å²) in [6.45, 7) is 1.90. The fraction of sp³-hybridized carbons (Fsp3) is 0.0714. The van der Waals surface area contributed by atoms with Crippen LogP contribution in [0.4, 0.5) is 0 Å². The zero-order valence-electron chi connectivity index (χ0n) is 9.58. The standard InChI is InChI=1S/C14H10Cl2O2/c1-8-4-9(6-11(16)5-8)13-7-10(15)2-3-12(13)14(17)18/h2-7H,1H3,(H,17,18). The van der Waals surface area contributed by atoms with Gasteiger partial charge in [-0.05, 0) is 53.9 Å². The Labute approximate surface area is 115 Å². The first-order chi connectivity index (χ1) is 8.47. The smallest absolute Gasteiger partial charge is 0.336 e. The Morgan fingerprint density at radius 3 is 2.39 bits per heavy atom. The summed E-state index contributed by atoms with van der Waals surface area (Å²) in [5, 5.41) is 10.2. The molecule has 0 heterocycles. The van der Waals surface area contributed by atoms with E-state index < -0.39 is 5.97 Å². The monoisotopic (exact) mass is 280 g/mol. The van der Waals surface area contributed by atoms with E-state index in [0.29, 0.717) is 15.6 Å². The second-order valence-electron chi connectivity index (χ2n) is 4.01. The van der Waals surface area contributed by atoms with Crippen LogP contribution in [-0.2, 0) is 0 Å². The lowest BCUT2D eigenvalue weighted by Gasteiger charge is -2.08. The molecule has 1 N–H and O–H groups in total. The summed E-state index contributed by atoms with van der Waals surface area (Å²) in [5.41, 5.74) is 2.50. The summed E-state index contributed by atoms with van der Waals surface area (Å²) in [6.07, 6.45) is 0. The molecule has 0 aliphatic carbocycles. The van der Waals surface area contributed by atoms with Crippen LogP contribution in [0.3, 0.4) is 0 Å². The Kier molecular flexibility index (Phi) is 3.60. The molecule has 18 heavy (non-hydrogen) atoms. The van der Waals surface area contributed by atoms with Crippen LogP contribution in [0.5, 0.6) is 0 Å². The van der Waals surface area contributed by atoms with Crippen molar-refractivity contribution < 1.29 is 9.90 Å². The van der Waals surface area contributed by atoms with E-state index in [4.69, 9.17) is 23.2 Å². The number of carboxylic acids is 1. The van der Waals surface area contributed by atoms with Crippen molar-refractivity contribution in [2.75, 3.05) is 0 Å². The van der Waals surface area contributed by atoms with Crippen molar-refractivity contribution in [3.63, 3.8) is 0 Å². The van der Waals surface area contributed by atoms with Gasteiger partial charge in [-0.25, -0.2) is 4.79 Å². The molecule has 0 aromatic heterocycles. The van der Waals surface area contributed by atoms with Gasteiger partial charge in [-0.2, -0.15) is 0 Å². The Balaban J connectivity index is 2.68. The quantitative estimate of drug-likeness (QED) is 0.868. The fourth-order valence-corrected chi connectivity index (χ4v) is 2.30. The number of aryl methyl sites for hydroxylation is 1. The number of halogens is 2. The molecule has 2 aromatic rings. The molecule has 0 atom stereocenters. The van der Waals surface area contributed by atoms with Crippen LogP contribution in [0.1, 0.15) is 15.9 Å². The third-order valence-corrected chi connectivity index (χ3v) is 3.02. The molecular weight excluding hydrogens is 271 g/mol. The zero-order valence-corrected chi connectivity index (χ0v) is 11.1. The minimum atomic E-state index is -0.987. The van der Waals surface area contributed by atoms with Gasteiger partial charge in [-0.15, -0.1) is 0 Å². The number of carboxylic acid groups (broad SMARTS) is 1. The summed E-state index contributed by atoms with van der Waals surface area (Å²) in [6, 6.07) is 10.1. The molecule has 4 heteroatoms. The minimum absolute atomic E-state index is 0.209. The van der Waals surface area contributed by atoms with Crippen molar-refractivity contribution >= 4 is 29.2 Å². The molecule has 0 saturated heterocycles. The van der Waals surface area contributed by atoms with E-state index in [9.17, 15) is 9.90 Å². The average Bonchev–Trinajstić information content (AvgIpc) is 2.27. The van der Waals surface area contributed by atoms with Crippen LogP contribution >= 0.6 is 23.2 Å². The lowest BCUT2D eigenvalue weighted by atomic mass is 9.98. The SMILES string of the molecule is Cc1cc(Cl)cc(-c2cc(Cl)ccc2C(=O)O)c1. The normalized spacial score (nSPS) is 10.4. The van der Waals surface area contributed by atoms with E-state index in [2.05, 4.69) is 0 Å². The maximum Gasteiger partial charge on any atom is 0.336 e. The van der Waals surface area contributed by atoms with Crippen LogP contribution in [0.15, 0.2) is 36.4 Å². The number of benzene rings is 2. The Hall–Kier alpha value is -1.51. The first kappa shape index (κ1) is 12.9. The Bertz CT molecular complexity index is 601. The molecule has 0 radical (unpaired) electrons. The zero-order chi connectivity index (χ0) is 13.3. The second-order valence-corrected chi connectivity index (χ2v) is 4.89. The van der Waals surface area contributed by atoms with E-state index in [1.807, 2.05) is 19.1 Å². The van der Waals surface area contributed by atoms with Gasteiger partial charge in [0.1, 0.15) is 0 Å². The van der Waals surface area contributed by atoms with Crippen LogP contribution in [0, 0.1) is 6.92 Å². The maximum atomic E-state index is 11.2. The van der Waals surface area contributed by atoms with Gasteiger partial charge in [0.25, 0.3) is 0 Å². The van der Waals surface area contributed by atoms with E-state index >= 15 is 0 Å². The first-order valence-electron chi connectivity index (χ1n) is 5.28. The molecule has 0 aliphatic rings. The number of hydrogen-bond acceptors (Lipinski definition) is 1. The molecule has 0 unspecified atom stereocenters. The van der Waals surface area contributed by atoms with E-state index in [1.54, 1.807) is 18.2 Å². The van der Waals surface area contributed by atoms with Crippen LogP contribution in [0.25, 0.3) is 11.1 Å². The van der Waals surface area contributed by atoms with Gasteiger partial charge >= 0.3 is 5.97 Å². The number of rotatable bonds is 2. The van der Waals surface area contributed by atoms with E-state index in [1.165, 1.54) is 6.07 Å². The minimum Gasteiger partial charge on any atom is -0.478 e.